The highest BCUT2D eigenvalue weighted by Gasteiger charge is 2.31. The first-order chi connectivity index (χ1) is 16.4. The van der Waals surface area contributed by atoms with Gasteiger partial charge in [0.25, 0.3) is 11.1 Å². The number of phenolic OH excluding ortho intramolecular Hbond substituents is 1. The van der Waals surface area contributed by atoms with Gasteiger partial charge in [0.1, 0.15) is 5.75 Å². The van der Waals surface area contributed by atoms with Crippen molar-refractivity contribution < 1.29 is 38.1 Å². The number of aromatic hydroxyl groups is 1. The van der Waals surface area contributed by atoms with Crippen LogP contribution in [0.3, 0.4) is 0 Å². The molecule has 0 aromatic heterocycles. The van der Waals surface area contributed by atoms with Crippen molar-refractivity contribution in [1.29, 1.82) is 0 Å². The third-order valence-electron chi connectivity index (χ3n) is 4.97. The largest absolute Gasteiger partial charge is 0.506 e. The van der Waals surface area contributed by atoms with Gasteiger partial charge in [0.15, 0.2) is 5.37 Å². The van der Waals surface area contributed by atoms with Crippen LogP contribution in [0.25, 0.3) is 0 Å². The number of hydrogen-bond acceptors (Lipinski definition) is 9. The number of anilines is 2. The number of amides is 3. The second kappa shape index (κ2) is 10.8. The third-order valence-corrected chi connectivity index (χ3v) is 6.45. The molecule has 0 saturated carbocycles. The lowest BCUT2D eigenvalue weighted by molar-refractivity contribution is -0.118. The topological polar surface area (TPSA) is 185 Å². The van der Waals surface area contributed by atoms with E-state index in [-0.39, 0.29) is 30.1 Å². The number of benzene rings is 2. The van der Waals surface area contributed by atoms with Gasteiger partial charge in [0.05, 0.1) is 24.6 Å². The van der Waals surface area contributed by atoms with Crippen molar-refractivity contribution >= 4 is 50.4 Å². The van der Waals surface area contributed by atoms with Crippen LogP contribution in [0.1, 0.15) is 17.2 Å². The zero-order valence-corrected chi connectivity index (χ0v) is 20.1. The Bertz CT molecular complexity index is 1220. The quantitative estimate of drug-likeness (QED) is 0.250. The van der Waals surface area contributed by atoms with Gasteiger partial charge in [-0.25, -0.2) is 13.2 Å². The fraction of sp³-hybridized carbons (Fsp3) is 0.286. The number of carbonyl (C=O) groups excluding carboxylic acids is 2. The van der Waals surface area contributed by atoms with Crippen LogP contribution in [0.2, 0.25) is 0 Å². The van der Waals surface area contributed by atoms with E-state index in [1.807, 2.05) is 0 Å². The van der Waals surface area contributed by atoms with Crippen molar-refractivity contribution in [3.8, 4) is 5.75 Å². The maximum Gasteiger partial charge on any atom is 0.407 e. The number of rotatable bonds is 10. The summed E-state index contributed by atoms with van der Waals surface area (Å²) >= 11 is 0.844. The molecule has 14 heteroatoms. The molecular weight excluding hydrogens is 500 g/mol. The number of phenols is 1. The number of aliphatic hydroxyl groups excluding tert-OH is 1. The number of nitrogens with zero attached hydrogens (tertiary/aromatic N) is 1. The van der Waals surface area contributed by atoms with Crippen molar-refractivity contribution in [3.63, 3.8) is 0 Å². The highest BCUT2D eigenvalue weighted by atomic mass is 32.2. The van der Waals surface area contributed by atoms with Gasteiger partial charge in [-0.2, -0.15) is 0 Å². The molecule has 188 valence electrons. The lowest BCUT2D eigenvalue weighted by Crippen LogP contribution is -2.35. The van der Waals surface area contributed by atoms with Gasteiger partial charge in [0.2, 0.25) is 10.0 Å². The molecule has 12 nitrogen and oxygen atoms in total. The number of sulfonamides is 1. The first-order valence-corrected chi connectivity index (χ1v) is 13.0. The van der Waals surface area contributed by atoms with Gasteiger partial charge in [-0.1, -0.05) is 18.2 Å². The Morgan fingerprint density at radius 1 is 1.20 bits per heavy atom. The predicted molar refractivity (Wildman–Crippen MR) is 130 cm³/mol. The normalized spacial score (nSPS) is 16.5. The number of carboxylic acid groups (broad SMARTS) is 1. The van der Waals surface area contributed by atoms with Crippen LogP contribution in [-0.2, 0) is 21.2 Å². The van der Waals surface area contributed by atoms with Crippen molar-refractivity contribution in [2.45, 2.75) is 17.9 Å². The van der Waals surface area contributed by atoms with Gasteiger partial charge in [-0.05, 0) is 53.6 Å². The molecule has 1 saturated heterocycles. The average Bonchev–Trinajstić information content (AvgIpc) is 3.08. The molecule has 35 heavy (non-hydrogen) atoms. The zero-order valence-electron chi connectivity index (χ0n) is 18.5. The van der Waals surface area contributed by atoms with Crippen molar-refractivity contribution in [2.75, 3.05) is 29.4 Å². The van der Waals surface area contributed by atoms with Gasteiger partial charge in [-0.3, -0.25) is 19.6 Å². The van der Waals surface area contributed by atoms with Crippen LogP contribution in [-0.4, -0.2) is 70.6 Å². The Kier molecular flexibility index (Phi) is 8.09. The summed E-state index contributed by atoms with van der Waals surface area (Å²) in [5, 5.41) is 33.9. The minimum atomic E-state index is -3.67. The zero-order chi connectivity index (χ0) is 25.8. The van der Waals surface area contributed by atoms with E-state index in [4.69, 9.17) is 0 Å². The number of nitrogens with one attached hydrogen (secondary N) is 3. The number of thioether (sulfide) groups is 1. The van der Waals surface area contributed by atoms with E-state index < -0.39 is 38.7 Å². The molecule has 0 bridgehead atoms. The number of aliphatic hydroxyl groups is 1. The maximum absolute atomic E-state index is 11.7. The number of carbonyl (C=O) groups is 3. The summed E-state index contributed by atoms with van der Waals surface area (Å²) in [5.74, 6) is -0.759. The van der Waals surface area contributed by atoms with E-state index in [2.05, 4.69) is 15.4 Å². The van der Waals surface area contributed by atoms with Crippen LogP contribution in [0.15, 0.2) is 42.5 Å². The predicted octanol–water partition coefficient (Wildman–Crippen LogP) is 1.74. The molecule has 0 radical (unpaired) electrons. The molecule has 2 aromatic carbocycles. The summed E-state index contributed by atoms with van der Waals surface area (Å²) in [6, 6.07) is 10.7. The highest BCUT2D eigenvalue weighted by Crippen LogP contribution is 2.28. The lowest BCUT2D eigenvalue weighted by Gasteiger charge is -2.23. The molecule has 2 aromatic rings. The van der Waals surface area contributed by atoms with Crippen LogP contribution in [0, 0.1) is 0 Å². The first kappa shape index (κ1) is 26.1. The Morgan fingerprint density at radius 2 is 1.89 bits per heavy atom. The summed E-state index contributed by atoms with van der Waals surface area (Å²) in [7, 11) is -3.67. The molecule has 1 aliphatic rings. The standard InChI is InChI=1S/C21H24N4O8S2/c1-35(32,33)24-15-10-13(4-7-16(15)26)17(27)11-25(21(30)31)9-8-12-2-5-14(6-3-12)22-19-18(28)23-20(29)34-19/h2-7,10,17,19,22,24,26-27H,8-9,11H2,1H3,(H,30,31)(H,23,28,29)/t17-,19?/m0/s1. The Hall–Kier alpha value is -3.49. The molecule has 1 unspecified atom stereocenters. The van der Waals surface area contributed by atoms with E-state index in [1.165, 1.54) is 18.2 Å². The SMILES string of the molecule is CS(=O)(=O)Nc1cc([C@@H](O)CN(CCc2ccc(NC3SC(=O)NC3=O)cc2)C(=O)O)ccc1O. The Labute approximate surface area is 205 Å². The highest BCUT2D eigenvalue weighted by molar-refractivity contribution is 8.15. The lowest BCUT2D eigenvalue weighted by atomic mass is 10.1. The summed E-state index contributed by atoms with van der Waals surface area (Å²) in [4.78, 5) is 35.6. The van der Waals surface area contributed by atoms with Crippen LogP contribution < -0.4 is 15.4 Å². The van der Waals surface area contributed by atoms with E-state index >= 15 is 0 Å². The fourth-order valence-corrected chi connectivity index (χ4v) is 4.55. The van der Waals surface area contributed by atoms with Gasteiger partial charge < -0.3 is 25.5 Å². The molecule has 1 aliphatic heterocycles. The maximum atomic E-state index is 11.7. The van der Waals surface area contributed by atoms with Gasteiger partial charge in [0, 0.05) is 12.2 Å². The summed E-state index contributed by atoms with van der Waals surface area (Å²) in [6.45, 7) is -0.207. The molecule has 1 fully saturated rings. The van der Waals surface area contributed by atoms with Gasteiger partial charge in [-0.15, -0.1) is 0 Å². The Morgan fingerprint density at radius 3 is 2.46 bits per heavy atom. The third kappa shape index (κ3) is 7.50. The van der Waals surface area contributed by atoms with Crippen molar-refractivity contribution in [2.24, 2.45) is 0 Å². The summed E-state index contributed by atoms with van der Waals surface area (Å²) in [5.41, 5.74) is 1.52. The molecule has 3 amide bonds. The second-order valence-electron chi connectivity index (χ2n) is 7.76. The van der Waals surface area contributed by atoms with Crippen LogP contribution in [0.5, 0.6) is 5.75 Å². The van der Waals surface area contributed by atoms with E-state index in [0.29, 0.717) is 12.1 Å². The number of hydrogen-bond donors (Lipinski definition) is 6. The van der Waals surface area contributed by atoms with Crippen molar-refractivity contribution in [3.05, 3.63) is 53.6 Å². The van der Waals surface area contributed by atoms with Crippen LogP contribution >= 0.6 is 11.8 Å². The van der Waals surface area contributed by atoms with E-state index in [9.17, 15) is 38.1 Å². The molecule has 0 aliphatic carbocycles. The summed E-state index contributed by atoms with van der Waals surface area (Å²) < 4.78 is 25.0. The second-order valence-corrected chi connectivity index (χ2v) is 10.6. The molecule has 0 spiro atoms. The monoisotopic (exact) mass is 524 g/mol. The smallest absolute Gasteiger partial charge is 0.407 e. The minimum absolute atomic E-state index is 0.0705. The number of imide groups is 1. The van der Waals surface area contributed by atoms with Crippen LogP contribution in [0.4, 0.5) is 21.0 Å². The molecule has 2 atom stereocenters. The van der Waals surface area contributed by atoms with E-state index in [0.717, 1.165) is 28.5 Å². The van der Waals surface area contributed by atoms with E-state index in [1.54, 1.807) is 24.3 Å². The molecule has 6 N–H and O–H groups in total. The fourth-order valence-electron chi connectivity index (χ4n) is 3.26. The van der Waals surface area contributed by atoms with Crippen molar-refractivity contribution in [1.82, 2.24) is 10.2 Å². The summed E-state index contributed by atoms with van der Waals surface area (Å²) in [6.07, 6.45) is -1.26. The van der Waals surface area contributed by atoms with Gasteiger partial charge >= 0.3 is 6.09 Å². The first-order valence-electron chi connectivity index (χ1n) is 10.2. The molecule has 3 rings (SSSR count). The minimum Gasteiger partial charge on any atom is -0.506 e. The molecular formula is C21H24N4O8S2. The Balaban J connectivity index is 1.59. The molecule has 1 heterocycles. The average molecular weight is 525 g/mol.